The third kappa shape index (κ3) is 3.84. The Hall–Kier alpha value is -2.77. The van der Waals surface area contributed by atoms with Gasteiger partial charge in [-0.15, -0.1) is 0 Å². The third-order valence-corrected chi connectivity index (χ3v) is 5.70. The second-order valence-corrected chi connectivity index (χ2v) is 8.57. The lowest BCUT2D eigenvalue weighted by Gasteiger charge is -2.15. The lowest BCUT2D eigenvalue weighted by atomic mass is 10.0. The van der Waals surface area contributed by atoms with E-state index in [-0.39, 0.29) is 0 Å². The Morgan fingerprint density at radius 3 is 2.63 bits per heavy atom. The summed E-state index contributed by atoms with van der Waals surface area (Å²) in [6.07, 6.45) is 7.98. The molecule has 0 atom stereocenters. The summed E-state index contributed by atoms with van der Waals surface area (Å²) < 4.78 is 23.2. The number of rotatable bonds is 4. The third-order valence-electron chi connectivity index (χ3n) is 4.57. The van der Waals surface area contributed by atoms with Crippen LogP contribution < -0.4 is 10.6 Å². The molecule has 1 aliphatic rings. The molecule has 0 saturated carbocycles. The molecule has 3 heterocycles. The molecule has 0 fully saturated rings. The molecule has 0 bridgehead atoms. The zero-order chi connectivity index (χ0) is 18.9. The van der Waals surface area contributed by atoms with Gasteiger partial charge in [-0.3, -0.25) is 4.98 Å². The summed E-state index contributed by atoms with van der Waals surface area (Å²) in [5.41, 5.74) is 3.02. The summed E-state index contributed by atoms with van der Waals surface area (Å²) in [6.45, 7) is 1.81. The molecule has 27 heavy (non-hydrogen) atoms. The quantitative estimate of drug-likeness (QED) is 0.723. The second-order valence-electron chi connectivity index (χ2n) is 6.56. The zero-order valence-corrected chi connectivity index (χ0v) is 15.8. The monoisotopic (exact) mass is 380 g/mol. The molecule has 2 aromatic heterocycles. The average Bonchev–Trinajstić information content (AvgIpc) is 2.68. The number of hydrogen-bond acceptors (Lipinski definition) is 6. The molecular weight excluding hydrogens is 360 g/mol. The normalized spacial score (nSPS) is 14.8. The molecule has 6 nitrogen and oxygen atoms in total. The topological polar surface area (TPSA) is 84.0 Å². The smallest absolute Gasteiger partial charge is 0.175 e. The Balaban J connectivity index is 1.68. The van der Waals surface area contributed by atoms with Gasteiger partial charge in [0.2, 0.25) is 0 Å². The van der Waals surface area contributed by atoms with Crippen molar-refractivity contribution in [2.45, 2.75) is 11.3 Å². The largest absolute Gasteiger partial charge is 0.340 e. The van der Waals surface area contributed by atoms with Gasteiger partial charge in [-0.25, -0.2) is 13.4 Å². The first-order valence-corrected chi connectivity index (χ1v) is 10.6. The number of fused-ring (bicyclic) bond motifs is 1. The molecular formula is C20H20N4O2S. The predicted molar refractivity (Wildman–Crippen MR) is 108 cm³/mol. The zero-order valence-electron chi connectivity index (χ0n) is 14.9. The van der Waals surface area contributed by atoms with Crippen LogP contribution in [-0.2, 0) is 9.84 Å². The molecule has 138 valence electrons. The van der Waals surface area contributed by atoms with E-state index in [4.69, 9.17) is 0 Å². The molecule has 1 aromatic carbocycles. The Morgan fingerprint density at radius 2 is 1.93 bits per heavy atom. The van der Waals surface area contributed by atoms with Gasteiger partial charge >= 0.3 is 0 Å². The molecule has 0 spiro atoms. The SMILES string of the molecule is CS(=O)(=O)c1ccc(Nc2cc3c(C4=CCNCC4)nccc3cn2)cc1. The molecule has 7 heteroatoms. The van der Waals surface area contributed by atoms with Gasteiger partial charge in [0.05, 0.1) is 10.6 Å². The van der Waals surface area contributed by atoms with Gasteiger partial charge in [0.15, 0.2) is 9.84 Å². The molecule has 0 aliphatic carbocycles. The van der Waals surface area contributed by atoms with Gasteiger partial charge in [0, 0.05) is 41.7 Å². The van der Waals surface area contributed by atoms with Crippen molar-refractivity contribution in [2.75, 3.05) is 24.7 Å². The maximum atomic E-state index is 11.6. The van der Waals surface area contributed by atoms with Gasteiger partial charge in [-0.05, 0) is 54.9 Å². The Labute approximate surface area is 158 Å². The number of pyridine rings is 2. The maximum Gasteiger partial charge on any atom is 0.175 e. The van der Waals surface area contributed by atoms with Crippen LogP contribution in [0.1, 0.15) is 12.1 Å². The van der Waals surface area contributed by atoms with E-state index in [1.807, 2.05) is 24.5 Å². The van der Waals surface area contributed by atoms with Gasteiger partial charge in [-0.2, -0.15) is 0 Å². The summed E-state index contributed by atoms with van der Waals surface area (Å²) >= 11 is 0. The maximum absolute atomic E-state index is 11.6. The number of sulfone groups is 1. The minimum atomic E-state index is -3.20. The minimum Gasteiger partial charge on any atom is -0.340 e. The number of nitrogens with zero attached hydrogens (tertiary/aromatic N) is 2. The van der Waals surface area contributed by atoms with E-state index in [1.54, 1.807) is 24.3 Å². The number of nitrogens with one attached hydrogen (secondary N) is 2. The number of anilines is 2. The van der Waals surface area contributed by atoms with Crippen LogP contribution in [0.4, 0.5) is 11.5 Å². The lowest BCUT2D eigenvalue weighted by Crippen LogP contribution is -2.20. The molecule has 0 radical (unpaired) electrons. The van der Waals surface area contributed by atoms with Crippen LogP contribution in [0.3, 0.4) is 0 Å². The van der Waals surface area contributed by atoms with E-state index < -0.39 is 9.84 Å². The molecule has 0 amide bonds. The van der Waals surface area contributed by atoms with Crippen molar-refractivity contribution in [3.05, 3.63) is 60.6 Å². The standard InChI is InChI=1S/C20H20N4O2S/c1-27(25,26)17-4-2-16(3-5-17)24-19-12-18-15(13-23-19)8-11-22-20(18)14-6-9-21-10-7-14/h2-6,8,11-13,21H,7,9-10H2,1H3,(H,23,24). The van der Waals surface area contributed by atoms with Crippen molar-refractivity contribution >= 4 is 37.7 Å². The Kier molecular flexibility index (Phi) is 4.63. The van der Waals surface area contributed by atoms with Crippen molar-refractivity contribution in [2.24, 2.45) is 0 Å². The molecule has 0 saturated heterocycles. The highest BCUT2D eigenvalue weighted by molar-refractivity contribution is 7.90. The number of benzene rings is 1. The first kappa shape index (κ1) is 17.6. The number of hydrogen-bond donors (Lipinski definition) is 2. The van der Waals surface area contributed by atoms with Crippen LogP contribution in [0.5, 0.6) is 0 Å². The van der Waals surface area contributed by atoms with Gasteiger partial charge in [-0.1, -0.05) is 6.08 Å². The van der Waals surface area contributed by atoms with Crippen molar-refractivity contribution < 1.29 is 8.42 Å². The Morgan fingerprint density at radius 1 is 1.11 bits per heavy atom. The summed E-state index contributed by atoms with van der Waals surface area (Å²) in [5, 5.41) is 8.65. The van der Waals surface area contributed by atoms with E-state index in [2.05, 4.69) is 26.7 Å². The van der Waals surface area contributed by atoms with E-state index in [9.17, 15) is 8.42 Å². The fraction of sp³-hybridized carbons (Fsp3) is 0.200. The summed E-state index contributed by atoms with van der Waals surface area (Å²) in [6, 6.07) is 10.6. The van der Waals surface area contributed by atoms with Crippen molar-refractivity contribution in [3.63, 3.8) is 0 Å². The van der Waals surface area contributed by atoms with Crippen LogP contribution in [0.15, 0.2) is 59.8 Å². The van der Waals surface area contributed by atoms with Crippen molar-refractivity contribution in [1.29, 1.82) is 0 Å². The molecule has 3 aromatic rings. The highest BCUT2D eigenvalue weighted by Gasteiger charge is 2.12. The first-order chi connectivity index (χ1) is 13.0. The van der Waals surface area contributed by atoms with Gasteiger partial charge < -0.3 is 10.6 Å². The van der Waals surface area contributed by atoms with Gasteiger partial charge in [0.1, 0.15) is 5.82 Å². The predicted octanol–water partition coefficient (Wildman–Crippen LogP) is 3.15. The molecule has 1 aliphatic heterocycles. The van der Waals surface area contributed by atoms with Crippen LogP contribution in [0, 0.1) is 0 Å². The van der Waals surface area contributed by atoms with Crippen molar-refractivity contribution in [3.8, 4) is 0 Å². The minimum absolute atomic E-state index is 0.295. The van der Waals surface area contributed by atoms with Crippen molar-refractivity contribution in [1.82, 2.24) is 15.3 Å². The summed E-state index contributed by atoms with van der Waals surface area (Å²) in [4.78, 5) is 9.36. The molecule has 4 rings (SSSR count). The fourth-order valence-corrected chi connectivity index (χ4v) is 3.79. The second kappa shape index (κ2) is 7.09. The highest BCUT2D eigenvalue weighted by atomic mass is 32.2. The fourth-order valence-electron chi connectivity index (χ4n) is 3.16. The Bertz CT molecular complexity index is 1120. The van der Waals surface area contributed by atoms with Crippen LogP contribution >= 0.6 is 0 Å². The van der Waals surface area contributed by atoms with Gasteiger partial charge in [0.25, 0.3) is 0 Å². The van der Waals surface area contributed by atoms with E-state index in [0.29, 0.717) is 10.7 Å². The molecule has 2 N–H and O–H groups in total. The highest BCUT2D eigenvalue weighted by Crippen LogP contribution is 2.28. The molecule has 0 unspecified atom stereocenters. The summed E-state index contributed by atoms with van der Waals surface area (Å²) in [7, 11) is -3.20. The number of aromatic nitrogens is 2. The van der Waals surface area contributed by atoms with E-state index >= 15 is 0 Å². The lowest BCUT2D eigenvalue weighted by molar-refractivity contribution is 0.602. The first-order valence-electron chi connectivity index (χ1n) is 8.73. The van der Waals surface area contributed by atoms with Crippen LogP contribution in [0.2, 0.25) is 0 Å². The van der Waals surface area contributed by atoms with E-state index in [1.165, 1.54) is 11.8 Å². The summed E-state index contributed by atoms with van der Waals surface area (Å²) in [5.74, 6) is 0.693. The van der Waals surface area contributed by atoms with E-state index in [0.717, 1.165) is 41.7 Å². The van der Waals surface area contributed by atoms with Crippen LogP contribution in [-0.4, -0.2) is 37.7 Å². The van der Waals surface area contributed by atoms with Crippen LogP contribution in [0.25, 0.3) is 16.3 Å². The average molecular weight is 380 g/mol.